The molecule has 21 heavy (non-hydrogen) atoms. The summed E-state index contributed by atoms with van der Waals surface area (Å²) in [5, 5.41) is 8.86. The Morgan fingerprint density at radius 1 is 1.43 bits per heavy atom. The average Bonchev–Trinajstić information content (AvgIpc) is 2.96. The molecule has 0 atom stereocenters. The van der Waals surface area contributed by atoms with Crippen molar-refractivity contribution in [1.29, 1.82) is 0 Å². The third-order valence-corrected chi connectivity index (χ3v) is 5.09. The van der Waals surface area contributed by atoms with Crippen LogP contribution in [0.4, 0.5) is 5.82 Å². The van der Waals surface area contributed by atoms with Crippen LogP contribution in [0.3, 0.4) is 0 Å². The van der Waals surface area contributed by atoms with E-state index in [0.29, 0.717) is 5.69 Å². The Morgan fingerprint density at radius 2 is 2.14 bits per heavy atom. The van der Waals surface area contributed by atoms with E-state index in [-0.39, 0.29) is 21.6 Å². The molecule has 2 heterocycles. The predicted molar refractivity (Wildman–Crippen MR) is 78.8 cm³/mol. The number of anilines is 1. The first-order valence-corrected chi connectivity index (χ1v) is 8.35. The van der Waals surface area contributed by atoms with Crippen LogP contribution in [0.2, 0.25) is 0 Å². The fourth-order valence-corrected chi connectivity index (χ4v) is 3.52. The maximum Gasteiger partial charge on any atom is 0.274 e. The van der Waals surface area contributed by atoms with Gasteiger partial charge in [-0.05, 0) is 38.4 Å². The molecule has 8 nitrogen and oxygen atoms in total. The number of hydrogen-bond acceptors (Lipinski definition) is 6. The summed E-state index contributed by atoms with van der Waals surface area (Å²) in [7, 11) is -3.79. The minimum Gasteiger partial charge on any atom is -0.350 e. The normalized spacial score (nSPS) is 11.6. The molecule has 0 fully saturated rings. The number of carbonyl (C=O) groups is 1. The van der Waals surface area contributed by atoms with Gasteiger partial charge >= 0.3 is 0 Å². The van der Waals surface area contributed by atoms with Crippen molar-refractivity contribution < 1.29 is 13.2 Å². The summed E-state index contributed by atoms with van der Waals surface area (Å²) >= 11 is 0.868. The van der Waals surface area contributed by atoms with E-state index in [4.69, 9.17) is 0 Å². The molecule has 1 amide bonds. The van der Waals surface area contributed by atoms with Crippen LogP contribution in [-0.4, -0.2) is 34.9 Å². The summed E-state index contributed by atoms with van der Waals surface area (Å²) in [4.78, 5) is 11.9. The number of aryl methyl sites for hydroxylation is 1. The van der Waals surface area contributed by atoms with Crippen molar-refractivity contribution in [3.8, 4) is 0 Å². The van der Waals surface area contributed by atoms with Gasteiger partial charge < -0.3 is 5.32 Å². The summed E-state index contributed by atoms with van der Waals surface area (Å²) in [6, 6.07) is 1.39. The monoisotopic (exact) mass is 329 g/mol. The highest BCUT2D eigenvalue weighted by atomic mass is 32.2. The number of carbonyl (C=O) groups excluding carboxylic acids is 1. The molecule has 0 unspecified atom stereocenters. The lowest BCUT2D eigenvalue weighted by Crippen LogP contribution is -2.30. The molecular weight excluding hydrogens is 314 g/mol. The fraction of sp³-hybridized carbons (Fsp3) is 0.364. The lowest BCUT2D eigenvalue weighted by molar-refractivity contribution is 0.0944. The van der Waals surface area contributed by atoms with Gasteiger partial charge in [0, 0.05) is 6.04 Å². The van der Waals surface area contributed by atoms with Crippen LogP contribution >= 0.6 is 11.5 Å². The number of H-pyrrole nitrogens is 1. The maximum atomic E-state index is 12.2. The van der Waals surface area contributed by atoms with Crippen molar-refractivity contribution in [2.75, 3.05) is 4.72 Å². The van der Waals surface area contributed by atoms with E-state index in [1.54, 1.807) is 6.92 Å². The fourth-order valence-electron chi connectivity index (χ4n) is 1.53. The van der Waals surface area contributed by atoms with Crippen molar-refractivity contribution >= 4 is 33.3 Å². The average molecular weight is 329 g/mol. The minimum absolute atomic E-state index is 0.0270. The van der Waals surface area contributed by atoms with E-state index in [2.05, 4.69) is 24.6 Å². The molecule has 0 spiro atoms. The predicted octanol–water partition coefficient (Wildman–Crippen LogP) is 1.11. The van der Waals surface area contributed by atoms with Gasteiger partial charge in [-0.15, -0.1) is 0 Å². The maximum absolute atomic E-state index is 12.2. The Balaban J connectivity index is 2.25. The van der Waals surface area contributed by atoms with Gasteiger partial charge in [-0.3, -0.25) is 14.6 Å². The molecule has 0 radical (unpaired) electrons. The first-order valence-electron chi connectivity index (χ1n) is 6.10. The van der Waals surface area contributed by atoms with Crippen LogP contribution in [-0.2, 0) is 10.0 Å². The standard InChI is InChI=1S/C11H15N5O3S2/c1-6(2)13-11(17)8-5-12-14-10(8)16-21(18,19)9-4-7(3)15-20-9/h4-6H,1-3H3,(H,13,17)(H2,12,14,16). The van der Waals surface area contributed by atoms with Crippen molar-refractivity contribution in [3.05, 3.63) is 23.5 Å². The van der Waals surface area contributed by atoms with Crippen LogP contribution in [0.15, 0.2) is 16.5 Å². The molecule has 0 aliphatic carbocycles. The van der Waals surface area contributed by atoms with Gasteiger partial charge in [0.15, 0.2) is 4.21 Å². The van der Waals surface area contributed by atoms with Crippen LogP contribution in [0, 0.1) is 6.92 Å². The molecular formula is C11H15N5O3S2. The second-order valence-electron chi connectivity index (χ2n) is 4.68. The van der Waals surface area contributed by atoms with Gasteiger partial charge in [0.25, 0.3) is 15.9 Å². The van der Waals surface area contributed by atoms with E-state index in [0.717, 1.165) is 11.5 Å². The number of nitrogens with one attached hydrogen (secondary N) is 3. The van der Waals surface area contributed by atoms with E-state index >= 15 is 0 Å². The Hall–Kier alpha value is -1.94. The summed E-state index contributed by atoms with van der Waals surface area (Å²) < 4.78 is 30.7. The molecule has 0 aromatic carbocycles. The Bertz CT molecular complexity index is 748. The molecule has 0 bridgehead atoms. The zero-order valence-corrected chi connectivity index (χ0v) is 13.3. The lowest BCUT2D eigenvalue weighted by Gasteiger charge is -2.09. The van der Waals surface area contributed by atoms with Gasteiger partial charge in [-0.1, -0.05) is 0 Å². The van der Waals surface area contributed by atoms with Gasteiger partial charge in [0.1, 0.15) is 11.4 Å². The Morgan fingerprint density at radius 3 is 2.71 bits per heavy atom. The first kappa shape index (κ1) is 15.4. The van der Waals surface area contributed by atoms with Crippen molar-refractivity contribution in [1.82, 2.24) is 19.9 Å². The quantitative estimate of drug-likeness (QED) is 0.760. The second kappa shape index (κ2) is 5.82. The van der Waals surface area contributed by atoms with Crippen molar-refractivity contribution in [2.45, 2.75) is 31.0 Å². The number of sulfonamides is 1. The second-order valence-corrected chi connectivity index (χ2v) is 7.39. The largest absolute Gasteiger partial charge is 0.350 e. The molecule has 3 N–H and O–H groups in total. The topological polar surface area (TPSA) is 117 Å². The van der Waals surface area contributed by atoms with Crippen molar-refractivity contribution in [3.63, 3.8) is 0 Å². The molecule has 0 aliphatic heterocycles. The van der Waals surface area contributed by atoms with E-state index in [1.165, 1.54) is 12.3 Å². The highest BCUT2D eigenvalue weighted by molar-refractivity contribution is 7.94. The smallest absolute Gasteiger partial charge is 0.274 e. The number of aromatic nitrogens is 3. The van der Waals surface area contributed by atoms with Crippen LogP contribution in [0.1, 0.15) is 29.9 Å². The molecule has 2 aromatic rings. The summed E-state index contributed by atoms with van der Waals surface area (Å²) in [6.07, 6.45) is 1.27. The van der Waals surface area contributed by atoms with Crippen LogP contribution < -0.4 is 10.0 Å². The molecule has 0 saturated carbocycles. The van der Waals surface area contributed by atoms with Gasteiger partial charge in [-0.25, -0.2) is 8.42 Å². The molecule has 2 rings (SSSR count). The summed E-state index contributed by atoms with van der Waals surface area (Å²) in [5.41, 5.74) is 0.747. The number of rotatable bonds is 5. The van der Waals surface area contributed by atoms with Crippen LogP contribution in [0.5, 0.6) is 0 Å². The number of aromatic amines is 1. The molecule has 0 aliphatic rings. The minimum atomic E-state index is -3.79. The van der Waals surface area contributed by atoms with E-state index in [1.807, 2.05) is 13.8 Å². The van der Waals surface area contributed by atoms with Crippen molar-refractivity contribution in [2.24, 2.45) is 0 Å². The summed E-state index contributed by atoms with van der Waals surface area (Å²) in [5.74, 6) is -0.379. The third-order valence-electron chi connectivity index (χ3n) is 2.41. The number of nitrogens with zero attached hydrogens (tertiary/aromatic N) is 2. The highest BCUT2D eigenvalue weighted by Gasteiger charge is 2.22. The zero-order chi connectivity index (χ0) is 15.6. The first-order chi connectivity index (χ1) is 9.79. The molecule has 2 aromatic heterocycles. The Labute approximate surface area is 126 Å². The lowest BCUT2D eigenvalue weighted by atomic mass is 10.3. The number of hydrogen-bond donors (Lipinski definition) is 3. The van der Waals surface area contributed by atoms with Gasteiger partial charge in [-0.2, -0.15) is 9.47 Å². The zero-order valence-electron chi connectivity index (χ0n) is 11.7. The highest BCUT2D eigenvalue weighted by Crippen LogP contribution is 2.21. The summed E-state index contributed by atoms with van der Waals surface area (Å²) in [6.45, 7) is 5.32. The number of amides is 1. The van der Waals surface area contributed by atoms with Crippen LogP contribution in [0.25, 0.3) is 0 Å². The SMILES string of the molecule is Cc1cc(S(=O)(=O)Nc2[nH]ncc2C(=O)NC(C)C)sn1. The molecule has 10 heteroatoms. The van der Waals surface area contributed by atoms with E-state index in [9.17, 15) is 13.2 Å². The molecule has 114 valence electrons. The molecule has 0 saturated heterocycles. The third kappa shape index (κ3) is 3.58. The van der Waals surface area contributed by atoms with E-state index < -0.39 is 15.9 Å². The Kier molecular flexibility index (Phi) is 4.28. The van der Waals surface area contributed by atoms with Gasteiger partial charge in [0.05, 0.1) is 11.9 Å². The van der Waals surface area contributed by atoms with Gasteiger partial charge in [0.2, 0.25) is 0 Å².